The lowest BCUT2D eigenvalue weighted by Gasteiger charge is -2.17. The number of hydrogen-bond acceptors (Lipinski definition) is 5. The highest BCUT2D eigenvalue weighted by Gasteiger charge is 2.30. The summed E-state index contributed by atoms with van der Waals surface area (Å²) in [4.78, 5) is 0.678. The first-order valence-corrected chi connectivity index (χ1v) is 10.9. The fourth-order valence-electron chi connectivity index (χ4n) is 1.85. The Morgan fingerprint density at radius 2 is 1.77 bits per heavy atom. The average molecular weight is 380 g/mol. The summed E-state index contributed by atoms with van der Waals surface area (Å²) in [5.74, 6) is 0. The molecule has 0 amide bonds. The van der Waals surface area contributed by atoms with E-state index in [2.05, 4.69) is 4.72 Å². The van der Waals surface area contributed by atoms with Crippen LogP contribution in [-0.2, 0) is 19.9 Å². The van der Waals surface area contributed by atoms with Gasteiger partial charge >= 0.3 is 0 Å². The van der Waals surface area contributed by atoms with Crippen molar-refractivity contribution in [1.29, 1.82) is 0 Å². The molecule has 1 N–H and O–H groups in total. The van der Waals surface area contributed by atoms with Gasteiger partial charge in [-0.3, -0.25) is 0 Å². The Morgan fingerprint density at radius 1 is 1.14 bits per heavy atom. The number of sulfone groups is 1. The van der Waals surface area contributed by atoms with Crippen molar-refractivity contribution in [3.63, 3.8) is 0 Å². The summed E-state index contributed by atoms with van der Waals surface area (Å²) in [6, 6.07) is 9.21. The molecule has 2 aromatic rings. The van der Waals surface area contributed by atoms with E-state index in [9.17, 15) is 16.8 Å². The predicted octanol–water partition coefficient (Wildman–Crippen LogP) is 2.47. The molecule has 0 saturated heterocycles. The van der Waals surface area contributed by atoms with Crippen molar-refractivity contribution in [2.24, 2.45) is 0 Å². The van der Waals surface area contributed by atoms with Crippen LogP contribution in [0.4, 0.5) is 0 Å². The van der Waals surface area contributed by atoms with Crippen LogP contribution in [0, 0.1) is 0 Å². The topological polar surface area (TPSA) is 80.3 Å². The zero-order valence-corrected chi connectivity index (χ0v) is 14.8. The van der Waals surface area contributed by atoms with E-state index < -0.39 is 25.1 Å². The molecule has 0 unspecified atom stereocenters. The number of halogens is 1. The normalized spacial score (nSPS) is 13.9. The van der Waals surface area contributed by atoms with Crippen LogP contribution in [0.1, 0.15) is 10.1 Å². The Bertz CT molecular complexity index is 828. The molecule has 0 aliphatic rings. The molecule has 0 radical (unpaired) electrons. The molecule has 1 atom stereocenters. The SMILES string of the molecule is CS(=O)(=O)NC[C@@H](c1cccs1)S(=O)(=O)c1ccc(Cl)cc1. The van der Waals surface area contributed by atoms with Crippen molar-refractivity contribution in [3.8, 4) is 0 Å². The largest absolute Gasteiger partial charge is 0.223 e. The van der Waals surface area contributed by atoms with Crippen LogP contribution < -0.4 is 4.72 Å². The Balaban J connectivity index is 2.41. The van der Waals surface area contributed by atoms with E-state index in [0.29, 0.717) is 9.90 Å². The number of thiophene rings is 1. The van der Waals surface area contributed by atoms with E-state index in [1.165, 1.54) is 35.6 Å². The fourth-order valence-corrected chi connectivity index (χ4v) is 5.34. The number of nitrogens with one attached hydrogen (secondary N) is 1. The van der Waals surface area contributed by atoms with E-state index in [-0.39, 0.29) is 11.4 Å². The maximum absolute atomic E-state index is 12.8. The highest BCUT2D eigenvalue weighted by Crippen LogP contribution is 2.31. The summed E-state index contributed by atoms with van der Waals surface area (Å²) >= 11 is 7.04. The summed E-state index contributed by atoms with van der Waals surface area (Å²) in [6.07, 6.45) is 0.993. The molecule has 120 valence electrons. The van der Waals surface area contributed by atoms with E-state index in [1.807, 2.05) is 0 Å². The maximum Gasteiger partial charge on any atom is 0.208 e. The van der Waals surface area contributed by atoms with Crippen molar-refractivity contribution >= 4 is 42.8 Å². The average Bonchev–Trinajstić information content (AvgIpc) is 2.91. The molecule has 22 heavy (non-hydrogen) atoms. The van der Waals surface area contributed by atoms with Gasteiger partial charge in [0.25, 0.3) is 0 Å². The van der Waals surface area contributed by atoms with Crippen molar-refractivity contribution in [3.05, 3.63) is 51.7 Å². The van der Waals surface area contributed by atoms with Crippen LogP contribution in [0.25, 0.3) is 0 Å². The first kappa shape index (κ1) is 17.4. The van der Waals surface area contributed by atoms with E-state index >= 15 is 0 Å². The van der Waals surface area contributed by atoms with E-state index in [0.717, 1.165) is 6.26 Å². The lowest BCUT2D eigenvalue weighted by molar-refractivity contribution is 0.572. The molecule has 0 fully saturated rings. The molecule has 0 aliphatic heterocycles. The summed E-state index contributed by atoms with van der Waals surface area (Å²) < 4.78 is 50.4. The highest BCUT2D eigenvalue weighted by atomic mass is 35.5. The molecular weight excluding hydrogens is 366 g/mol. The molecule has 0 bridgehead atoms. The van der Waals surface area contributed by atoms with Gasteiger partial charge in [-0.1, -0.05) is 17.7 Å². The fraction of sp³-hybridized carbons (Fsp3) is 0.231. The summed E-state index contributed by atoms with van der Waals surface area (Å²) in [5, 5.41) is 1.20. The quantitative estimate of drug-likeness (QED) is 0.836. The van der Waals surface area contributed by atoms with Gasteiger partial charge in [-0.25, -0.2) is 21.6 Å². The first-order chi connectivity index (χ1) is 10.2. The van der Waals surface area contributed by atoms with Crippen molar-refractivity contribution in [2.75, 3.05) is 12.8 Å². The van der Waals surface area contributed by atoms with Crippen LogP contribution in [0.3, 0.4) is 0 Å². The number of hydrogen-bond donors (Lipinski definition) is 1. The monoisotopic (exact) mass is 379 g/mol. The molecule has 0 aliphatic carbocycles. The van der Waals surface area contributed by atoms with Crippen LogP contribution >= 0.6 is 22.9 Å². The van der Waals surface area contributed by atoms with Gasteiger partial charge in [-0.05, 0) is 35.7 Å². The smallest absolute Gasteiger partial charge is 0.208 e. The van der Waals surface area contributed by atoms with Crippen LogP contribution in [0.5, 0.6) is 0 Å². The van der Waals surface area contributed by atoms with Gasteiger partial charge in [-0.2, -0.15) is 0 Å². The standard InChI is InChI=1S/C13H14ClNO4S3/c1-21(16,17)15-9-13(12-3-2-8-20-12)22(18,19)11-6-4-10(14)5-7-11/h2-8,13,15H,9H2,1H3/t13-/m0/s1. The molecule has 0 saturated carbocycles. The number of benzene rings is 1. The Labute approximate surface area is 138 Å². The number of rotatable bonds is 6. The molecule has 1 heterocycles. The highest BCUT2D eigenvalue weighted by molar-refractivity contribution is 7.92. The van der Waals surface area contributed by atoms with E-state index in [4.69, 9.17) is 11.6 Å². The van der Waals surface area contributed by atoms with Crippen molar-refractivity contribution in [2.45, 2.75) is 10.1 Å². The zero-order chi connectivity index (χ0) is 16.4. The summed E-state index contributed by atoms with van der Waals surface area (Å²) in [7, 11) is -7.23. The second kappa shape index (κ2) is 6.67. The summed E-state index contributed by atoms with van der Waals surface area (Å²) in [6.45, 7) is -0.218. The molecule has 9 heteroatoms. The Kier molecular flexibility index (Phi) is 5.29. The van der Waals surface area contributed by atoms with E-state index in [1.54, 1.807) is 17.5 Å². The van der Waals surface area contributed by atoms with Crippen LogP contribution in [0.15, 0.2) is 46.7 Å². The maximum atomic E-state index is 12.8. The first-order valence-electron chi connectivity index (χ1n) is 6.17. The third-order valence-corrected chi connectivity index (χ3v) is 7.09. The second-order valence-electron chi connectivity index (χ2n) is 4.62. The molecule has 5 nitrogen and oxygen atoms in total. The molecule has 1 aromatic heterocycles. The van der Waals surface area contributed by atoms with Gasteiger partial charge in [0.15, 0.2) is 9.84 Å². The Hall–Kier alpha value is -0.930. The third-order valence-electron chi connectivity index (χ3n) is 2.91. The van der Waals surface area contributed by atoms with Crippen molar-refractivity contribution < 1.29 is 16.8 Å². The van der Waals surface area contributed by atoms with Gasteiger partial charge in [0, 0.05) is 16.4 Å². The molecule has 0 spiro atoms. The van der Waals surface area contributed by atoms with Crippen LogP contribution in [0.2, 0.25) is 5.02 Å². The minimum atomic E-state index is -3.74. The minimum Gasteiger partial charge on any atom is -0.223 e. The van der Waals surface area contributed by atoms with Gasteiger partial charge in [0.05, 0.1) is 11.2 Å². The van der Waals surface area contributed by atoms with Gasteiger partial charge in [-0.15, -0.1) is 11.3 Å². The Morgan fingerprint density at radius 3 is 2.27 bits per heavy atom. The van der Waals surface area contributed by atoms with Gasteiger partial charge in [0.2, 0.25) is 10.0 Å². The van der Waals surface area contributed by atoms with Crippen LogP contribution in [-0.4, -0.2) is 29.6 Å². The lowest BCUT2D eigenvalue weighted by Crippen LogP contribution is -2.30. The van der Waals surface area contributed by atoms with Crippen molar-refractivity contribution in [1.82, 2.24) is 4.72 Å². The minimum absolute atomic E-state index is 0.102. The second-order valence-corrected chi connectivity index (χ2v) is 10.0. The lowest BCUT2D eigenvalue weighted by atomic mass is 10.3. The predicted molar refractivity (Wildman–Crippen MR) is 88.5 cm³/mol. The molecular formula is C13H14ClNO4S3. The molecule has 2 rings (SSSR count). The third kappa shape index (κ3) is 4.30. The molecule has 1 aromatic carbocycles. The van der Waals surface area contributed by atoms with Gasteiger partial charge in [0.1, 0.15) is 5.25 Å². The van der Waals surface area contributed by atoms with Gasteiger partial charge < -0.3 is 0 Å². The number of sulfonamides is 1. The summed E-state index contributed by atoms with van der Waals surface area (Å²) in [5.41, 5.74) is 0. The zero-order valence-electron chi connectivity index (χ0n) is 11.6.